The first-order valence-corrected chi connectivity index (χ1v) is 13.4. The van der Waals surface area contributed by atoms with Crippen LogP contribution in [-0.4, -0.2) is 11.4 Å². The highest BCUT2D eigenvalue weighted by Crippen LogP contribution is 2.43. The lowest BCUT2D eigenvalue weighted by molar-refractivity contribution is 1.12. The van der Waals surface area contributed by atoms with Crippen molar-refractivity contribution >= 4 is 22.6 Å². The zero-order valence-electron chi connectivity index (χ0n) is 22.3. The molecule has 0 bridgehead atoms. The summed E-state index contributed by atoms with van der Waals surface area (Å²) in [5, 5.41) is 10.1. The largest absolute Gasteiger partial charge is 0.153 e. The van der Waals surface area contributed by atoms with Gasteiger partial charge in [-0.2, -0.15) is 5.10 Å². The number of allylic oxidation sites excluding steroid dienone is 2. The average Bonchev–Trinajstić information content (AvgIpc) is 3.17. The van der Waals surface area contributed by atoms with Gasteiger partial charge >= 0.3 is 0 Å². The van der Waals surface area contributed by atoms with Crippen LogP contribution < -0.4 is 0 Å². The third-order valence-corrected chi connectivity index (χ3v) is 7.28. The van der Waals surface area contributed by atoms with Gasteiger partial charge in [-0.25, -0.2) is 0 Å². The number of benzene rings is 5. The molecule has 1 unspecified atom stereocenters. The molecule has 39 heavy (non-hydrogen) atoms. The van der Waals surface area contributed by atoms with Gasteiger partial charge in [0, 0.05) is 11.1 Å². The van der Waals surface area contributed by atoms with E-state index in [9.17, 15) is 0 Å². The van der Waals surface area contributed by atoms with Crippen LogP contribution in [0.3, 0.4) is 0 Å². The van der Waals surface area contributed by atoms with E-state index >= 15 is 0 Å². The van der Waals surface area contributed by atoms with Gasteiger partial charge in [-0.3, -0.25) is 0 Å². The minimum atomic E-state index is -0.127. The Morgan fingerprint density at radius 2 is 0.923 bits per heavy atom. The van der Waals surface area contributed by atoms with E-state index in [1.165, 1.54) is 22.3 Å². The summed E-state index contributed by atoms with van der Waals surface area (Å²) in [5.41, 5.74) is 12.1. The van der Waals surface area contributed by atoms with Crippen LogP contribution in [0.15, 0.2) is 150 Å². The Morgan fingerprint density at radius 1 is 0.436 bits per heavy atom. The van der Waals surface area contributed by atoms with Gasteiger partial charge in [-0.15, -0.1) is 5.10 Å². The molecule has 5 aromatic carbocycles. The van der Waals surface area contributed by atoms with Crippen LogP contribution in [0.4, 0.5) is 0 Å². The van der Waals surface area contributed by atoms with Crippen molar-refractivity contribution in [3.63, 3.8) is 0 Å². The van der Waals surface area contributed by atoms with Crippen molar-refractivity contribution in [3.8, 4) is 0 Å². The number of hydrogen-bond acceptors (Lipinski definition) is 2. The van der Waals surface area contributed by atoms with Crippen LogP contribution >= 0.6 is 0 Å². The molecule has 188 valence electrons. The summed E-state index contributed by atoms with van der Waals surface area (Å²) in [6, 6.07) is 49.3. The second-order valence-electron chi connectivity index (χ2n) is 10.0. The lowest BCUT2D eigenvalue weighted by Gasteiger charge is -2.26. The van der Waals surface area contributed by atoms with Gasteiger partial charge in [0.2, 0.25) is 0 Å². The van der Waals surface area contributed by atoms with E-state index in [2.05, 4.69) is 153 Å². The average molecular weight is 503 g/mol. The van der Waals surface area contributed by atoms with E-state index in [1.807, 2.05) is 0 Å². The molecule has 0 aromatic heterocycles. The molecule has 1 aliphatic heterocycles. The maximum absolute atomic E-state index is 5.08. The highest BCUT2D eigenvalue weighted by molar-refractivity contribution is 6.39. The first-order chi connectivity index (χ1) is 19.2. The Hall–Kier alpha value is -4.82. The Kier molecular flexibility index (Phi) is 6.84. The number of hydrogen-bond donors (Lipinski definition) is 0. The Balaban J connectivity index is 1.75. The van der Waals surface area contributed by atoms with Crippen molar-refractivity contribution in [2.75, 3.05) is 0 Å². The predicted octanol–water partition coefficient (Wildman–Crippen LogP) is 8.91. The van der Waals surface area contributed by atoms with E-state index in [1.54, 1.807) is 0 Å². The number of rotatable bonds is 5. The molecule has 6 rings (SSSR count). The van der Waals surface area contributed by atoms with Crippen molar-refractivity contribution in [2.24, 2.45) is 10.2 Å². The van der Waals surface area contributed by atoms with Gasteiger partial charge in [0.1, 0.15) is 5.71 Å². The van der Waals surface area contributed by atoms with Crippen molar-refractivity contribution in [1.82, 2.24) is 0 Å². The quantitative estimate of drug-likeness (QED) is 0.229. The summed E-state index contributed by atoms with van der Waals surface area (Å²) < 4.78 is 0. The molecule has 1 atom stereocenters. The van der Waals surface area contributed by atoms with Crippen molar-refractivity contribution in [2.45, 2.75) is 19.8 Å². The fourth-order valence-corrected chi connectivity index (χ4v) is 5.28. The van der Waals surface area contributed by atoms with Crippen LogP contribution in [0.1, 0.15) is 44.9 Å². The van der Waals surface area contributed by atoms with Gasteiger partial charge < -0.3 is 0 Å². The minimum Gasteiger partial charge on any atom is -0.153 e. The molecule has 0 saturated heterocycles. The summed E-state index contributed by atoms with van der Waals surface area (Å²) in [6.07, 6.45) is 0. The molecule has 0 fully saturated rings. The Morgan fingerprint density at radius 3 is 1.49 bits per heavy atom. The highest BCUT2D eigenvalue weighted by Gasteiger charge is 2.32. The van der Waals surface area contributed by atoms with Gasteiger partial charge in [0.05, 0.1) is 11.6 Å². The zero-order valence-corrected chi connectivity index (χ0v) is 22.3. The molecule has 0 saturated carbocycles. The van der Waals surface area contributed by atoms with Crippen LogP contribution in [0.25, 0.3) is 11.1 Å². The first-order valence-electron chi connectivity index (χ1n) is 13.4. The molecule has 0 spiro atoms. The van der Waals surface area contributed by atoms with Crippen molar-refractivity contribution in [3.05, 3.63) is 178 Å². The molecule has 0 radical (unpaired) electrons. The van der Waals surface area contributed by atoms with Crippen molar-refractivity contribution < 1.29 is 0 Å². The molecular weight excluding hydrogens is 472 g/mol. The minimum absolute atomic E-state index is 0.127. The summed E-state index contributed by atoms with van der Waals surface area (Å²) in [7, 11) is 0. The molecule has 1 aliphatic rings. The van der Waals surface area contributed by atoms with Gasteiger partial charge in [-0.05, 0) is 41.7 Å². The molecule has 2 heteroatoms. The summed E-state index contributed by atoms with van der Waals surface area (Å²) in [6.45, 7) is 4.23. The van der Waals surface area contributed by atoms with Crippen LogP contribution in [0, 0.1) is 13.8 Å². The lowest BCUT2D eigenvalue weighted by atomic mass is 9.76. The standard InChI is InChI=1S/C37H30N2/c1-26-18-22-31(23-19-26)36-34(29-14-8-4-9-15-29)33(28-12-6-3-7-13-28)35(30-16-10-5-11-17-30)37(39-38-36)32-24-20-27(2)21-25-32/h3-25,34H,1-2H3. The smallest absolute Gasteiger partial charge is 0.101 e. The molecule has 0 N–H and O–H groups in total. The van der Waals surface area contributed by atoms with Gasteiger partial charge in [-0.1, -0.05) is 151 Å². The third-order valence-electron chi connectivity index (χ3n) is 7.28. The fourth-order valence-electron chi connectivity index (χ4n) is 5.28. The van der Waals surface area contributed by atoms with E-state index in [4.69, 9.17) is 10.2 Å². The monoisotopic (exact) mass is 502 g/mol. The van der Waals surface area contributed by atoms with E-state index in [-0.39, 0.29) is 5.92 Å². The highest BCUT2D eigenvalue weighted by atomic mass is 15.2. The Bertz CT molecular complexity index is 1660. The summed E-state index contributed by atoms with van der Waals surface area (Å²) in [4.78, 5) is 0. The molecular formula is C37H30N2. The predicted molar refractivity (Wildman–Crippen MR) is 164 cm³/mol. The van der Waals surface area contributed by atoms with Gasteiger partial charge in [0.15, 0.2) is 0 Å². The van der Waals surface area contributed by atoms with Crippen LogP contribution in [-0.2, 0) is 0 Å². The SMILES string of the molecule is Cc1ccc(C2=NN=C(c3ccc(C)cc3)C(c3ccccc3)C(c3ccccc3)=C2c2ccccc2)cc1. The third kappa shape index (κ3) is 5.02. The van der Waals surface area contributed by atoms with Gasteiger partial charge in [0.25, 0.3) is 0 Å². The normalized spacial score (nSPS) is 15.4. The second kappa shape index (κ2) is 10.9. The number of nitrogens with zero attached hydrogens (tertiary/aromatic N) is 2. The number of aryl methyl sites for hydroxylation is 2. The maximum Gasteiger partial charge on any atom is 0.101 e. The molecule has 0 aliphatic carbocycles. The summed E-state index contributed by atoms with van der Waals surface area (Å²) in [5.74, 6) is -0.127. The lowest BCUT2D eigenvalue weighted by Crippen LogP contribution is -2.17. The molecule has 5 aromatic rings. The first kappa shape index (κ1) is 24.5. The molecule has 1 heterocycles. The molecule has 2 nitrogen and oxygen atoms in total. The maximum atomic E-state index is 5.08. The second-order valence-corrected chi connectivity index (χ2v) is 10.0. The van der Waals surface area contributed by atoms with E-state index in [0.717, 1.165) is 39.3 Å². The van der Waals surface area contributed by atoms with E-state index in [0.29, 0.717) is 0 Å². The van der Waals surface area contributed by atoms with E-state index < -0.39 is 0 Å². The zero-order chi connectivity index (χ0) is 26.6. The summed E-state index contributed by atoms with van der Waals surface area (Å²) >= 11 is 0. The fraction of sp³-hybridized carbons (Fsp3) is 0.0811. The molecule has 0 amide bonds. The topological polar surface area (TPSA) is 24.7 Å². The van der Waals surface area contributed by atoms with Crippen molar-refractivity contribution in [1.29, 1.82) is 0 Å². The van der Waals surface area contributed by atoms with Crippen LogP contribution in [0.5, 0.6) is 0 Å². The Labute approximate surface area is 230 Å². The van der Waals surface area contributed by atoms with Crippen LogP contribution in [0.2, 0.25) is 0 Å².